The zero-order chi connectivity index (χ0) is 18.4. The lowest BCUT2D eigenvalue weighted by molar-refractivity contribution is -0.384. The fourth-order valence-electron chi connectivity index (χ4n) is 3.95. The molecule has 0 heterocycles. The highest BCUT2D eigenvalue weighted by molar-refractivity contribution is 6.25. The second-order valence-corrected chi connectivity index (χ2v) is 6.63. The quantitative estimate of drug-likeness (QED) is 0.202. The molecule has 5 rings (SSSR count). The third-order valence-electron chi connectivity index (χ3n) is 5.16. The Hall–Kier alpha value is -3.72. The first-order valence-electron chi connectivity index (χ1n) is 8.81. The van der Waals surface area contributed by atoms with E-state index in [-0.39, 0.29) is 10.6 Å². The lowest BCUT2D eigenvalue weighted by Crippen LogP contribution is -1.92. The van der Waals surface area contributed by atoms with Crippen molar-refractivity contribution in [3.63, 3.8) is 0 Å². The largest absolute Gasteiger partial charge is 0.277 e. The van der Waals surface area contributed by atoms with Gasteiger partial charge in [0.15, 0.2) is 0 Å². The van der Waals surface area contributed by atoms with Crippen molar-refractivity contribution in [3.8, 4) is 11.1 Å². The normalized spacial score (nSPS) is 11.3. The van der Waals surface area contributed by atoms with Crippen molar-refractivity contribution >= 4 is 38.0 Å². The van der Waals surface area contributed by atoms with Gasteiger partial charge in [0.1, 0.15) is 0 Å². The SMILES string of the molecule is O=[N+]([O-])c1ccccc1-c1ccc2c3ccccc3c3ccccc3c2c1. The number of fused-ring (bicyclic) bond motifs is 6. The summed E-state index contributed by atoms with van der Waals surface area (Å²) in [4.78, 5) is 11.1. The van der Waals surface area contributed by atoms with E-state index >= 15 is 0 Å². The van der Waals surface area contributed by atoms with Crippen LogP contribution in [0.15, 0.2) is 91.0 Å². The molecule has 0 unspecified atom stereocenters. The van der Waals surface area contributed by atoms with Crippen molar-refractivity contribution in [2.45, 2.75) is 0 Å². The predicted octanol–water partition coefficient (Wildman–Crippen LogP) is 6.72. The number of nitro groups is 1. The molecule has 0 bridgehead atoms. The second-order valence-electron chi connectivity index (χ2n) is 6.63. The molecule has 27 heavy (non-hydrogen) atoms. The van der Waals surface area contributed by atoms with Gasteiger partial charge >= 0.3 is 0 Å². The second kappa shape index (κ2) is 5.92. The lowest BCUT2D eigenvalue weighted by atomic mass is 9.92. The monoisotopic (exact) mass is 349 g/mol. The predicted molar refractivity (Wildman–Crippen MR) is 111 cm³/mol. The molecule has 0 aliphatic heterocycles. The highest BCUT2D eigenvalue weighted by atomic mass is 16.6. The summed E-state index contributed by atoms with van der Waals surface area (Å²) in [6.45, 7) is 0. The van der Waals surface area contributed by atoms with Crippen LogP contribution in [0, 0.1) is 10.1 Å². The van der Waals surface area contributed by atoms with E-state index in [1.165, 1.54) is 16.2 Å². The molecule has 3 nitrogen and oxygen atoms in total. The summed E-state index contributed by atoms with van der Waals surface area (Å²) >= 11 is 0. The Morgan fingerprint density at radius 3 is 1.63 bits per heavy atom. The molecule has 0 fully saturated rings. The highest BCUT2D eigenvalue weighted by Gasteiger charge is 2.15. The molecular formula is C24H15NO2. The molecule has 3 heteroatoms. The van der Waals surface area contributed by atoms with Crippen LogP contribution in [0.2, 0.25) is 0 Å². The number of nitrogens with zero attached hydrogens (tertiary/aromatic N) is 1. The Kier molecular flexibility index (Phi) is 3.41. The van der Waals surface area contributed by atoms with E-state index in [1.54, 1.807) is 12.1 Å². The minimum absolute atomic E-state index is 0.127. The van der Waals surface area contributed by atoms with E-state index in [4.69, 9.17) is 0 Å². The number of benzene rings is 5. The molecule has 0 atom stereocenters. The van der Waals surface area contributed by atoms with Crippen molar-refractivity contribution < 1.29 is 4.92 Å². The van der Waals surface area contributed by atoms with Crippen molar-refractivity contribution in [1.82, 2.24) is 0 Å². The van der Waals surface area contributed by atoms with E-state index in [1.807, 2.05) is 36.4 Å². The van der Waals surface area contributed by atoms with Crippen LogP contribution >= 0.6 is 0 Å². The fourth-order valence-corrected chi connectivity index (χ4v) is 3.95. The molecule has 0 N–H and O–H groups in total. The van der Waals surface area contributed by atoms with Crippen molar-refractivity contribution in [2.75, 3.05) is 0 Å². The van der Waals surface area contributed by atoms with Gasteiger partial charge in [-0.25, -0.2) is 0 Å². The summed E-state index contributed by atoms with van der Waals surface area (Å²) < 4.78 is 0. The van der Waals surface area contributed by atoms with Crippen LogP contribution in [0.3, 0.4) is 0 Å². The van der Waals surface area contributed by atoms with Crippen LogP contribution in [0.5, 0.6) is 0 Å². The van der Waals surface area contributed by atoms with E-state index in [0.717, 1.165) is 21.7 Å². The highest BCUT2D eigenvalue weighted by Crippen LogP contribution is 2.38. The third-order valence-corrected chi connectivity index (χ3v) is 5.16. The zero-order valence-electron chi connectivity index (χ0n) is 14.4. The zero-order valence-corrected chi connectivity index (χ0v) is 14.4. The standard InChI is InChI=1S/C24H15NO2/c26-25(27)24-12-6-5-7-17(24)16-13-14-22-20-10-2-1-8-18(20)19-9-3-4-11-21(19)23(22)15-16/h1-15H. The number of para-hydroxylation sites is 1. The molecule has 0 spiro atoms. The van der Waals surface area contributed by atoms with Gasteiger partial charge in [-0.3, -0.25) is 10.1 Å². The van der Waals surface area contributed by atoms with E-state index in [9.17, 15) is 10.1 Å². The van der Waals surface area contributed by atoms with E-state index < -0.39 is 0 Å². The van der Waals surface area contributed by atoms with Crippen LogP contribution in [0.1, 0.15) is 0 Å². The van der Waals surface area contributed by atoms with Gasteiger partial charge in [-0.15, -0.1) is 0 Å². The minimum atomic E-state index is -0.321. The maximum Gasteiger partial charge on any atom is 0.277 e. The van der Waals surface area contributed by atoms with Crippen LogP contribution in [0.4, 0.5) is 5.69 Å². The Balaban J connectivity index is 1.92. The van der Waals surface area contributed by atoms with Gasteiger partial charge in [0, 0.05) is 6.07 Å². The smallest absolute Gasteiger partial charge is 0.258 e. The van der Waals surface area contributed by atoms with E-state index in [2.05, 4.69) is 42.5 Å². The third kappa shape index (κ3) is 2.36. The molecule has 0 aliphatic rings. The van der Waals surface area contributed by atoms with Crippen molar-refractivity contribution in [1.29, 1.82) is 0 Å². The Bertz CT molecular complexity index is 1320. The fraction of sp³-hybridized carbons (Fsp3) is 0. The molecule has 5 aromatic rings. The van der Waals surface area contributed by atoms with Gasteiger partial charge in [-0.1, -0.05) is 72.8 Å². The molecule has 0 aromatic heterocycles. The summed E-state index contributed by atoms with van der Waals surface area (Å²) in [6, 6.07) is 29.8. The first kappa shape index (κ1) is 15.5. The van der Waals surface area contributed by atoms with Gasteiger partial charge in [-0.05, 0) is 50.0 Å². The Morgan fingerprint density at radius 1 is 0.556 bits per heavy atom. The maximum atomic E-state index is 11.5. The summed E-state index contributed by atoms with van der Waals surface area (Å²) in [5.74, 6) is 0. The van der Waals surface area contributed by atoms with Gasteiger partial charge in [-0.2, -0.15) is 0 Å². The van der Waals surface area contributed by atoms with Crippen LogP contribution in [-0.4, -0.2) is 4.92 Å². The molecule has 0 saturated heterocycles. The van der Waals surface area contributed by atoms with Crippen LogP contribution in [-0.2, 0) is 0 Å². The molecule has 0 radical (unpaired) electrons. The first-order valence-corrected chi connectivity index (χ1v) is 8.81. The van der Waals surface area contributed by atoms with Gasteiger partial charge < -0.3 is 0 Å². The number of nitro benzene ring substituents is 1. The topological polar surface area (TPSA) is 43.1 Å². The molecule has 5 aromatic carbocycles. The summed E-state index contributed by atoms with van der Waals surface area (Å²) in [6.07, 6.45) is 0. The minimum Gasteiger partial charge on any atom is -0.258 e. The number of hydrogen-bond acceptors (Lipinski definition) is 2. The van der Waals surface area contributed by atoms with Crippen molar-refractivity contribution in [2.24, 2.45) is 0 Å². The first-order chi connectivity index (χ1) is 13.2. The molecular weight excluding hydrogens is 334 g/mol. The lowest BCUT2D eigenvalue weighted by Gasteiger charge is -2.12. The molecule has 128 valence electrons. The molecule has 0 saturated carbocycles. The van der Waals surface area contributed by atoms with Crippen LogP contribution in [0.25, 0.3) is 43.4 Å². The molecule has 0 amide bonds. The number of hydrogen-bond donors (Lipinski definition) is 0. The summed E-state index contributed by atoms with van der Waals surface area (Å²) in [5.41, 5.74) is 1.62. The Morgan fingerprint density at radius 2 is 1.04 bits per heavy atom. The van der Waals surface area contributed by atoms with Crippen molar-refractivity contribution in [3.05, 3.63) is 101 Å². The average molecular weight is 349 g/mol. The average Bonchev–Trinajstić information content (AvgIpc) is 2.73. The van der Waals surface area contributed by atoms with Crippen LogP contribution < -0.4 is 0 Å². The van der Waals surface area contributed by atoms with Gasteiger partial charge in [0.2, 0.25) is 0 Å². The number of rotatable bonds is 2. The summed E-state index contributed by atoms with van der Waals surface area (Å²) in [5, 5.41) is 18.5. The van der Waals surface area contributed by atoms with E-state index in [0.29, 0.717) is 5.56 Å². The molecule has 0 aliphatic carbocycles. The Labute approximate surface area is 155 Å². The van der Waals surface area contributed by atoms with Gasteiger partial charge in [0.25, 0.3) is 5.69 Å². The maximum absolute atomic E-state index is 11.5. The van der Waals surface area contributed by atoms with Gasteiger partial charge in [0.05, 0.1) is 10.5 Å². The summed E-state index contributed by atoms with van der Waals surface area (Å²) in [7, 11) is 0.